The zero-order chi connectivity index (χ0) is 20.5. The number of rotatable bonds is 8. The van der Waals surface area contributed by atoms with Crippen LogP contribution in [-0.4, -0.2) is 30.3 Å². The fourth-order valence-corrected chi connectivity index (χ4v) is 2.43. The number of anilines is 3. The van der Waals surface area contributed by atoms with E-state index in [1.165, 1.54) is 0 Å². The van der Waals surface area contributed by atoms with Crippen molar-refractivity contribution in [2.45, 2.75) is 33.2 Å². The van der Waals surface area contributed by atoms with Crippen molar-refractivity contribution in [3.8, 4) is 0 Å². The van der Waals surface area contributed by atoms with E-state index in [1.807, 2.05) is 19.9 Å². The predicted molar refractivity (Wildman–Crippen MR) is 112 cm³/mol. The molecule has 0 bridgehead atoms. The SMILES string of the molecule is CCC(=O)Nc1cccc(NCC(=O)Nc2cccc(C(=O)NC(C)C)c2)c1. The number of amides is 3. The number of hydrogen-bond donors (Lipinski definition) is 4. The van der Waals surface area contributed by atoms with E-state index in [9.17, 15) is 14.4 Å². The Labute approximate surface area is 164 Å². The number of carbonyl (C=O) groups excluding carboxylic acids is 3. The lowest BCUT2D eigenvalue weighted by atomic mass is 10.1. The zero-order valence-corrected chi connectivity index (χ0v) is 16.3. The Morgan fingerprint density at radius 2 is 1.46 bits per heavy atom. The maximum absolute atomic E-state index is 12.2. The first-order valence-electron chi connectivity index (χ1n) is 9.22. The van der Waals surface area contributed by atoms with Gasteiger partial charge < -0.3 is 21.3 Å². The van der Waals surface area contributed by atoms with E-state index in [-0.39, 0.29) is 30.3 Å². The van der Waals surface area contributed by atoms with Crippen LogP contribution in [0.4, 0.5) is 17.1 Å². The summed E-state index contributed by atoms with van der Waals surface area (Å²) in [4.78, 5) is 35.7. The fourth-order valence-electron chi connectivity index (χ4n) is 2.43. The van der Waals surface area contributed by atoms with Crippen molar-refractivity contribution in [2.75, 3.05) is 22.5 Å². The molecule has 0 radical (unpaired) electrons. The van der Waals surface area contributed by atoms with Gasteiger partial charge in [-0.25, -0.2) is 0 Å². The van der Waals surface area contributed by atoms with Crippen molar-refractivity contribution in [3.63, 3.8) is 0 Å². The summed E-state index contributed by atoms with van der Waals surface area (Å²) >= 11 is 0. The molecule has 7 nitrogen and oxygen atoms in total. The number of nitrogens with one attached hydrogen (secondary N) is 4. The molecule has 0 aliphatic rings. The van der Waals surface area contributed by atoms with Gasteiger partial charge in [-0.3, -0.25) is 14.4 Å². The molecule has 0 aliphatic heterocycles. The number of hydrogen-bond acceptors (Lipinski definition) is 4. The Kier molecular flexibility index (Phi) is 7.56. The van der Waals surface area contributed by atoms with E-state index < -0.39 is 0 Å². The van der Waals surface area contributed by atoms with Crippen LogP contribution in [-0.2, 0) is 9.59 Å². The molecule has 0 aliphatic carbocycles. The predicted octanol–water partition coefficient (Wildman–Crippen LogP) is 3.22. The highest BCUT2D eigenvalue weighted by Gasteiger charge is 2.09. The lowest BCUT2D eigenvalue weighted by Gasteiger charge is -2.11. The van der Waals surface area contributed by atoms with Crippen molar-refractivity contribution >= 4 is 34.8 Å². The summed E-state index contributed by atoms with van der Waals surface area (Å²) in [5.41, 5.74) is 2.42. The first-order chi connectivity index (χ1) is 13.4. The summed E-state index contributed by atoms with van der Waals surface area (Å²) in [5, 5.41) is 11.4. The third-order valence-corrected chi connectivity index (χ3v) is 3.75. The molecule has 0 heterocycles. The molecule has 2 aromatic rings. The Hall–Kier alpha value is -3.35. The van der Waals surface area contributed by atoms with Gasteiger partial charge in [-0.1, -0.05) is 19.1 Å². The van der Waals surface area contributed by atoms with Gasteiger partial charge >= 0.3 is 0 Å². The molecule has 0 unspecified atom stereocenters. The highest BCUT2D eigenvalue weighted by Crippen LogP contribution is 2.15. The Balaban J connectivity index is 1.92. The Bertz CT molecular complexity index is 849. The van der Waals surface area contributed by atoms with E-state index >= 15 is 0 Å². The molecule has 0 fully saturated rings. The van der Waals surface area contributed by atoms with Crippen molar-refractivity contribution in [1.29, 1.82) is 0 Å². The van der Waals surface area contributed by atoms with Gasteiger partial charge in [-0.15, -0.1) is 0 Å². The van der Waals surface area contributed by atoms with E-state index in [1.54, 1.807) is 49.4 Å². The summed E-state index contributed by atoms with van der Waals surface area (Å²) < 4.78 is 0. The molecule has 0 atom stereocenters. The molecule has 0 spiro atoms. The van der Waals surface area contributed by atoms with E-state index in [0.29, 0.717) is 29.0 Å². The van der Waals surface area contributed by atoms with Gasteiger partial charge in [0.15, 0.2) is 0 Å². The molecule has 7 heteroatoms. The van der Waals surface area contributed by atoms with Crippen LogP contribution >= 0.6 is 0 Å². The molecule has 0 saturated heterocycles. The van der Waals surface area contributed by atoms with Gasteiger partial charge in [0.05, 0.1) is 6.54 Å². The Morgan fingerprint density at radius 1 is 0.857 bits per heavy atom. The topological polar surface area (TPSA) is 99.3 Å². The highest BCUT2D eigenvalue weighted by atomic mass is 16.2. The zero-order valence-electron chi connectivity index (χ0n) is 16.3. The maximum Gasteiger partial charge on any atom is 0.251 e. The molecule has 0 aromatic heterocycles. The van der Waals surface area contributed by atoms with Gasteiger partial charge in [0.25, 0.3) is 5.91 Å². The minimum Gasteiger partial charge on any atom is -0.376 e. The largest absolute Gasteiger partial charge is 0.376 e. The smallest absolute Gasteiger partial charge is 0.251 e. The third kappa shape index (κ3) is 6.75. The second-order valence-electron chi connectivity index (χ2n) is 6.59. The molecular formula is C21H26N4O3. The Morgan fingerprint density at radius 3 is 2.14 bits per heavy atom. The van der Waals surface area contributed by atoms with Crippen LogP contribution in [0.3, 0.4) is 0 Å². The van der Waals surface area contributed by atoms with Crippen molar-refractivity contribution < 1.29 is 14.4 Å². The van der Waals surface area contributed by atoms with Crippen molar-refractivity contribution in [3.05, 3.63) is 54.1 Å². The molecular weight excluding hydrogens is 356 g/mol. The average molecular weight is 382 g/mol. The molecule has 148 valence electrons. The van der Waals surface area contributed by atoms with Crippen molar-refractivity contribution in [2.24, 2.45) is 0 Å². The van der Waals surface area contributed by atoms with E-state index in [0.717, 1.165) is 0 Å². The molecule has 2 rings (SSSR count). The minimum atomic E-state index is -0.246. The molecule has 2 aromatic carbocycles. The summed E-state index contributed by atoms with van der Waals surface area (Å²) in [6, 6.07) is 14.0. The standard InChI is InChI=1S/C21H26N4O3/c1-4-19(26)24-18-10-6-8-16(12-18)22-13-20(27)25-17-9-5-7-15(11-17)21(28)23-14(2)3/h5-12,14,22H,4,13H2,1-3H3,(H,23,28)(H,24,26)(H,25,27). The monoisotopic (exact) mass is 382 g/mol. The van der Waals surface area contributed by atoms with E-state index in [2.05, 4.69) is 21.3 Å². The van der Waals surface area contributed by atoms with Crippen LogP contribution in [0.5, 0.6) is 0 Å². The first kappa shape index (κ1) is 21.0. The van der Waals surface area contributed by atoms with Crippen LogP contribution in [0.2, 0.25) is 0 Å². The van der Waals surface area contributed by atoms with Gasteiger partial charge in [-0.05, 0) is 50.2 Å². The fraction of sp³-hybridized carbons (Fsp3) is 0.286. The quantitative estimate of drug-likeness (QED) is 0.563. The van der Waals surface area contributed by atoms with Gasteiger partial charge in [0, 0.05) is 35.1 Å². The highest BCUT2D eigenvalue weighted by molar-refractivity contribution is 5.98. The van der Waals surface area contributed by atoms with Crippen LogP contribution in [0.15, 0.2) is 48.5 Å². The maximum atomic E-state index is 12.2. The third-order valence-electron chi connectivity index (χ3n) is 3.75. The lowest BCUT2D eigenvalue weighted by Crippen LogP contribution is -2.30. The van der Waals surface area contributed by atoms with Gasteiger partial charge in [0.2, 0.25) is 11.8 Å². The summed E-state index contributed by atoms with van der Waals surface area (Å²) in [7, 11) is 0. The molecule has 4 N–H and O–H groups in total. The van der Waals surface area contributed by atoms with Crippen molar-refractivity contribution in [1.82, 2.24) is 5.32 Å². The van der Waals surface area contributed by atoms with Crippen LogP contribution in [0.1, 0.15) is 37.6 Å². The minimum absolute atomic E-state index is 0.0350. The molecule has 28 heavy (non-hydrogen) atoms. The lowest BCUT2D eigenvalue weighted by molar-refractivity contribution is -0.116. The number of carbonyl (C=O) groups is 3. The van der Waals surface area contributed by atoms with Crippen LogP contribution in [0, 0.1) is 0 Å². The summed E-state index contributed by atoms with van der Waals surface area (Å²) in [5.74, 6) is -0.504. The van der Waals surface area contributed by atoms with Crippen LogP contribution in [0.25, 0.3) is 0 Å². The summed E-state index contributed by atoms with van der Waals surface area (Å²) in [6.07, 6.45) is 0.397. The summed E-state index contributed by atoms with van der Waals surface area (Å²) in [6.45, 7) is 5.60. The second kappa shape index (κ2) is 10.1. The van der Waals surface area contributed by atoms with E-state index in [4.69, 9.17) is 0 Å². The number of benzene rings is 2. The van der Waals surface area contributed by atoms with Gasteiger partial charge in [-0.2, -0.15) is 0 Å². The average Bonchev–Trinajstić information content (AvgIpc) is 2.66. The molecule has 0 saturated carbocycles. The molecule has 3 amide bonds. The normalized spacial score (nSPS) is 10.3. The van der Waals surface area contributed by atoms with Crippen LogP contribution < -0.4 is 21.3 Å². The van der Waals surface area contributed by atoms with Gasteiger partial charge in [0.1, 0.15) is 0 Å². The second-order valence-corrected chi connectivity index (χ2v) is 6.59. The first-order valence-corrected chi connectivity index (χ1v) is 9.22.